The van der Waals surface area contributed by atoms with Gasteiger partial charge in [0, 0.05) is 18.2 Å². The highest BCUT2D eigenvalue weighted by atomic mass is 16.5. The van der Waals surface area contributed by atoms with Gasteiger partial charge < -0.3 is 9.63 Å². The van der Waals surface area contributed by atoms with Crippen LogP contribution in [-0.2, 0) is 6.54 Å². The zero-order valence-corrected chi connectivity index (χ0v) is 17.4. The van der Waals surface area contributed by atoms with Crippen LogP contribution in [0.1, 0.15) is 75.2 Å². The molecule has 0 radical (unpaired) electrons. The molecule has 156 valence electrons. The first kappa shape index (κ1) is 22.3. The van der Waals surface area contributed by atoms with Crippen molar-refractivity contribution in [1.82, 2.24) is 9.72 Å². The molecule has 2 heterocycles. The predicted octanol–water partition coefficient (Wildman–Crippen LogP) is 5.59. The number of azo groups is 1. The van der Waals surface area contributed by atoms with Crippen molar-refractivity contribution in [2.45, 2.75) is 78.7 Å². The summed E-state index contributed by atoms with van der Waals surface area (Å²) < 4.78 is 6.14. The number of aromatic nitrogens is 2. The third-order valence-electron chi connectivity index (χ3n) is 4.87. The molecule has 0 bridgehead atoms. The monoisotopic (exact) mass is 399 g/mol. The summed E-state index contributed by atoms with van der Waals surface area (Å²) in [6, 6.07) is 3.55. The third kappa shape index (κ3) is 6.01. The number of hydrogen-bond donors (Lipinski definition) is 1. The summed E-state index contributed by atoms with van der Waals surface area (Å²) in [5, 5.41) is 31.4. The van der Waals surface area contributed by atoms with Gasteiger partial charge in [-0.05, 0) is 20.3 Å². The molecule has 0 aliphatic carbocycles. The Labute approximate surface area is 170 Å². The average molecular weight is 399 g/mol. The Kier molecular flexibility index (Phi) is 8.59. The first-order chi connectivity index (χ1) is 14.0. The molecule has 0 atom stereocenters. The van der Waals surface area contributed by atoms with Crippen molar-refractivity contribution in [3.8, 4) is 11.9 Å². The minimum Gasteiger partial charge on any atom is -0.493 e. The molecule has 0 saturated heterocycles. The molecular weight excluding hydrogens is 370 g/mol. The maximum atomic E-state index is 12.8. The van der Waals surface area contributed by atoms with E-state index in [1.807, 2.05) is 6.07 Å². The number of nitrogens with zero attached hydrogens (tertiary/aromatic N) is 5. The van der Waals surface area contributed by atoms with Crippen LogP contribution in [0, 0.1) is 25.2 Å². The highest BCUT2D eigenvalue weighted by molar-refractivity contribution is 5.56. The Morgan fingerprint density at radius 2 is 1.79 bits per heavy atom. The Balaban J connectivity index is 2.12. The smallest absolute Gasteiger partial charge is 0.281 e. The standard InChI is InChI=1S/C21H29N5O3/c1-4-5-6-7-8-9-10-11-12-26-20(27)17(14-22)16(3)19(21(26)28)24-23-18-13-15(2)29-25-18/h13,27H,4-12H2,1-3H3. The van der Waals surface area contributed by atoms with Crippen molar-refractivity contribution in [3.63, 3.8) is 0 Å². The van der Waals surface area contributed by atoms with Crippen LogP contribution in [0.5, 0.6) is 5.88 Å². The number of aryl methyl sites for hydroxylation is 1. The van der Waals surface area contributed by atoms with Crippen molar-refractivity contribution in [1.29, 1.82) is 5.26 Å². The van der Waals surface area contributed by atoms with Crippen molar-refractivity contribution in [2.24, 2.45) is 10.2 Å². The molecule has 2 rings (SSSR count). The average Bonchev–Trinajstić information content (AvgIpc) is 3.11. The zero-order chi connectivity index (χ0) is 21.2. The Bertz CT molecular complexity index is 937. The molecule has 1 N–H and O–H groups in total. The van der Waals surface area contributed by atoms with Gasteiger partial charge in [-0.1, -0.05) is 57.0 Å². The van der Waals surface area contributed by atoms with Gasteiger partial charge in [0.1, 0.15) is 17.4 Å². The van der Waals surface area contributed by atoms with Gasteiger partial charge in [-0.3, -0.25) is 9.36 Å². The normalized spacial score (nSPS) is 11.2. The molecule has 0 unspecified atom stereocenters. The van der Waals surface area contributed by atoms with Gasteiger partial charge in [0.05, 0.1) is 0 Å². The Morgan fingerprint density at radius 3 is 2.38 bits per heavy atom. The molecule has 0 saturated carbocycles. The highest BCUT2D eigenvalue weighted by Crippen LogP contribution is 2.27. The SMILES string of the molecule is CCCCCCCCCCn1c(O)c(C#N)c(C)c(N=Nc2cc(C)on2)c1=O. The van der Waals surface area contributed by atoms with Crippen LogP contribution in [0.15, 0.2) is 25.6 Å². The Morgan fingerprint density at radius 1 is 1.14 bits per heavy atom. The number of pyridine rings is 1. The molecule has 8 nitrogen and oxygen atoms in total. The summed E-state index contributed by atoms with van der Waals surface area (Å²) in [4.78, 5) is 12.8. The van der Waals surface area contributed by atoms with Gasteiger partial charge in [-0.15, -0.1) is 10.2 Å². The molecule has 29 heavy (non-hydrogen) atoms. The Hall–Kier alpha value is -2.95. The quantitative estimate of drug-likeness (QED) is 0.390. The van der Waals surface area contributed by atoms with E-state index in [1.54, 1.807) is 19.9 Å². The second-order valence-corrected chi connectivity index (χ2v) is 7.21. The maximum Gasteiger partial charge on any atom is 0.281 e. The minimum absolute atomic E-state index is 0.0274. The van der Waals surface area contributed by atoms with Gasteiger partial charge in [-0.2, -0.15) is 5.26 Å². The maximum absolute atomic E-state index is 12.8. The molecule has 0 amide bonds. The number of aromatic hydroxyl groups is 1. The second-order valence-electron chi connectivity index (χ2n) is 7.21. The van der Waals surface area contributed by atoms with E-state index in [0.717, 1.165) is 19.3 Å². The van der Waals surface area contributed by atoms with Crippen LogP contribution in [-0.4, -0.2) is 14.8 Å². The predicted molar refractivity (Wildman–Crippen MR) is 110 cm³/mol. The molecule has 0 aromatic carbocycles. The van der Waals surface area contributed by atoms with Crippen LogP contribution >= 0.6 is 0 Å². The lowest BCUT2D eigenvalue weighted by Gasteiger charge is -2.12. The van der Waals surface area contributed by atoms with Crippen LogP contribution < -0.4 is 5.56 Å². The second kappa shape index (κ2) is 11.1. The van der Waals surface area contributed by atoms with E-state index in [0.29, 0.717) is 17.9 Å². The fraction of sp³-hybridized carbons (Fsp3) is 0.571. The number of hydrogen-bond acceptors (Lipinski definition) is 7. The lowest BCUT2D eigenvalue weighted by atomic mass is 10.1. The molecule has 0 spiro atoms. The molecule has 2 aromatic heterocycles. The van der Waals surface area contributed by atoms with Crippen molar-refractivity contribution in [3.05, 3.63) is 33.3 Å². The summed E-state index contributed by atoms with van der Waals surface area (Å²) in [5.74, 6) is 0.503. The van der Waals surface area contributed by atoms with E-state index in [4.69, 9.17) is 4.52 Å². The largest absolute Gasteiger partial charge is 0.493 e. The summed E-state index contributed by atoms with van der Waals surface area (Å²) in [7, 11) is 0. The van der Waals surface area contributed by atoms with E-state index in [9.17, 15) is 15.2 Å². The summed E-state index contributed by atoms with van der Waals surface area (Å²) in [5.41, 5.74) is -0.105. The first-order valence-corrected chi connectivity index (χ1v) is 10.2. The molecule has 8 heteroatoms. The summed E-state index contributed by atoms with van der Waals surface area (Å²) in [6.07, 6.45) is 8.97. The van der Waals surface area contributed by atoms with Crippen LogP contribution in [0.25, 0.3) is 0 Å². The van der Waals surface area contributed by atoms with Gasteiger partial charge in [0.25, 0.3) is 5.56 Å². The van der Waals surface area contributed by atoms with Gasteiger partial charge >= 0.3 is 0 Å². The summed E-state index contributed by atoms with van der Waals surface area (Å²) in [6.45, 7) is 5.83. The van der Waals surface area contributed by atoms with Crippen molar-refractivity contribution in [2.75, 3.05) is 0 Å². The van der Waals surface area contributed by atoms with Gasteiger partial charge in [0.15, 0.2) is 5.69 Å². The lowest BCUT2D eigenvalue weighted by molar-refractivity contribution is 0.396. The van der Waals surface area contributed by atoms with Crippen molar-refractivity contribution >= 4 is 11.5 Å². The minimum atomic E-state index is -0.467. The van der Waals surface area contributed by atoms with E-state index >= 15 is 0 Å². The fourth-order valence-electron chi connectivity index (χ4n) is 3.17. The van der Waals surface area contributed by atoms with E-state index in [-0.39, 0.29) is 22.9 Å². The summed E-state index contributed by atoms with van der Waals surface area (Å²) >= 11 is 0. The third-order valence-corrected chi connectivity index (χ3v) is 4.87. The van der Waals surface area contributed by atoms with Crippen LogP contribution in [0.2, 0.25) is 0 Å². The number of nitriles is 1. The fourth-order valence-corrected chi connectivity index (χ4v) is 3.17. The molecule has 0 aliphatic heterocycles. The molecule has 0 fully saturated rings. The van der Waals surface area contributed by atoms with Crippen molar-refractivity contribution < 1.29 is 9.63 Å². The number of unbranched alkanes of at least 4 members (excludes halogenated alkanes) is 7. The van der Waals surface area contributed by atoms with Gasteiger partial charge in [0.2, 0.25) is 11.7 Å². The van der Waals surface area contributed by atoms with E-state index in [2.05, 4.69) is 22.3 Å². The first-order valence-electron chi connectivity index (χ1n) is 10.2. The molecular formula is C21H29N5O3. The molecule has 0 aliphatic rings. The highest BCUT2D eigenvalue weighted by Gasteiger charge is 2.19. The van der Waals surface area contributed by atoms with Crippen LogP contribution in [0.3, 0.4) is 0 Å². The number of rotatable bonds is 11. The van der Waals surface area contributed by atoms with Gasteiger partial charge in [-0.25, -0.2) is 0 Å². The van der Waals surface area contributed by atoms with E-state index in [1.165, 1.54) is 36.7 Å². The van der Waals surface area contributed by atoms with E-state index < -0.39 is 5.56 Å². The topological polar surface area (TPSA) is 117 Å². The van der Waals surface area contributed by atoms with Crippen LogP contribution in [0.4, 0.5) is 11.5 Å². The zero-order valence-electron chi connectivity index (χ0n) is 17.4. The lowest BCUT2D eigenvalue weighted by Crippen LogP contribution is -2.22. The molecule has 2 aromatic rings.